The molecule has 1 saturated heterocycles. The summed E-state index contributed by atoms with van der Waals surface area (Å²) in [6, 6.07) is 8.20. The molecular weight excluding hydrogens is 282 g/mol. The fourth-order valence-corrected chi connectivity index (χ4v) is 3.76. The van der Waals surface area contributed by atoms with Crippen molar-refractivity contribution in [2.75, 3.05) is 13.2 Å². The van der Waals surface area contributed by atoms with Gasteiger partial charge in [-0.3, -0.25) is 4.98 Å². The fourth-order valence-electron chi connectivity index (χ4n) is 3.34. The molecule has 1 unspecified atom stereocenters. The van der Waals surface area contributed by atoms with Gasteiger partial charge in [0.25, 0.3) is 0 Å². The number of nitrogens with zero attached hydrogens (tertiary/aromatic N) is 2. The Morgan fingerprint density at radius 2 is 2.24 bits per heavy atom. The van der Waals surface area contributed by atoms with Crippen LogP contribution >= 0.6 is 12.2 Å². The van der Waals surface area contributed by atoms with E-state index in [-0.39, 0.29) is 5.54 Å². The Balaban J connectivity index is 2.10. The molecule has 5 heteroatoms. The number of hydrogen-bond acceptors (Lipinski definition) is 3. The van der Waals surface area contributed by atoms with Crippen LogP contribution in [0.15, 0.2) is 30.5 Å². The van der Waals surface area contributed by atoms with Gasteiger partial charge < -0.3 is 14.3 Å². The second-order valence-electron chi connectivity index (χ2n) is 5.96. The van der Waals surface area contributed by atoms with Gasteiger partial charge >= 0.3 is 0 Å². The highest BCUT2D eigenvalue weighted by Gasteiger charge is 2.32. The second-order valence-corrected chi connectivity index (χ2v) is 6.34. The molecule has 0 bridgehead atoms. The lowest BCUT2D eigenvalue weighted by atomic mass is 9.94. The molecule has 0 spiro atoms. The number of benzene rings is 1. The zero-order valence-electron chi connectivity index (χ0n) is 11.9. The van der Waals surface area contributed by atoms with E-state index < -0.39 is 0 Å². The van der Waals surface area contributed by atoms with Crippen LogP contribution in [0, 0.1) is 4.77 Å². The fraction of sp³-hybridized carbons (Fsp3) is 0.375. The normalized spacial score (nSPS) is 22.9. The first kappa shape index (κ1) is 13.0. The number of H-pyrrole nitrogens is 1. The SMILES string of the molecule is CC1(n2c(=S)[nH]c3cnc4ccccc4c32)CCCOC1. The summed E-state index contributed by atoms with van der Waals surface area (Å²) in [5.41, 5.74) is 3.02. The van der Waals surface area contributed by atoms with Gasteiger partial charge in [0, 0.05) is 12.0 Å². The standard InChI is InChI=1S/C16H17N3OS/c1-16(7-4-8-20-10-16)19-14-11-5-2-3-6-12(11)17-9-13(14)18-15(19)21/h2-3,5-6,9H,4,7-8,10H2,1H3,(H,18,21). The zero-order valence-corrected chi connectivity index (χ0v) is 12.7. The first-order valence-electron chi connectivity index (χ1n) is 7.26. The van der Waals surface area contributed by atoms with Gasteiger partial charge in [-0.15, -0.1) is 0 Å². The summed E-state index contributed by atoms with van der Waals surface area (Å²) in [6.45, 7) is 3.77. The number of aromatic amines is 1. The highest BCUT2D eigenvalue weighted by molar-refractivity contribution is 7.71. The maximum atomic E-state index is 5.73. The number of rotatable bonds is 1. The molecule has 0 amide bonds. The van der Waals surface area contributed by atoms with E-state index in [2.05, 4.69) is 27.5 Å². The number of fused-ring (bicyclic) bond motifs is 3. The van der Waals surface area contributed by atoms with E-state index in [1.54, 1.807) is 0 Å². The molecule has 3 aromatic rings. The Morgan fingerprint density at radius 1 is 1.38 bits per heavy atom. The van der Waals surface area contributed by atoms with Crippen LogP contribution in [0.2, 0.25) is 0 Å². The quantitative estimate of drug-likeness (QED) is 0.696. The molecule has 108 valence electrons. The van der Waals surface area contributed by atoms with Crippen molar-refractivity contribution >= 4 is 34.2 Å². The molecule has 1 N–H and O–H groups in total. The Hall–Kier alpha value is -1.72. The van der Waals surface area contributed by atoms with Crippen molar-refractivity contribution in [3.05, 3.63) is 35.2 Å². The average Bonchev–Trinajstić information content (AvgIpc) is 2.85. The number of hydrogen-bond donors (Lipinski definition) is 1. The molecule has 4 rings (SSSR count). The van der Waals surface area contributed by atoms with E-state index >= 15 is 0 Å². The topological polar surface area (TPSA) is 42.8 Å². The van der Waals surface area contributed by atoms with Gasteiger partial charge in [-0.05, 0) is 38.0 Å². The highest BCUT2D eigenvalue weighted by atomic mass is 32.1. The van der Waals surface area contributed by atoms with E-state index in [1.165, 1.54) is 0 Å². The minimum absolute atomic E-state index is 0.0995. The predicted octanol–water partition coefficient (Wildman–Crippen LogP) is 3.77. The molecule has 1 aliphatic heterocycles. The van der Waals surface area contributed by atoms with Gasteiger partial charge in [0.1, 0.15) is 0 Å². The van der Waals surface area contributed by atoms with Gasteiger partial charge in [0.2, 0.25) is 0 Å². The summed E-state index contributed by atoms with van der Waals surface area (Å²) in [6.07, 6.45) is 4.01. The molecule has 1 aliphatic rings. The zero-order chi connectivity index (χ0) is 14.4. The van der Waals surface area contributed by atoms with E-state index in [9.17, 15) is 0 Å². The van der Waals surface area contributed by atoms with Crippen molar-refractivity contribution in [1.82, 2.24) is 14.5 Å². The largest absolute Gasteiger partial charge is 0.379 e. The molecule has 0 saturated carbocycles. The van der Waals surface area contributed by atoms with Gasteiger partial charge in [-0.25, -0.2) is 0 Å². The summed E-state index contributed by atoms with van der Waals surface area (Å²) >= 11 is 5.59. The number of pyridine rings is 1. The minimum Gasteiger partial charge on any atom is -0.379 e. The predicted molar refractivity (Wildman–Crippen MR) is 86.1 cm³/mol. The molecule has 3 heterocycles. The number of para-hydroxylation sites is 1. The van der Waals surface area contributed by atoms with E-state index in [0.29, 0.717) is 6.61 Å². The number of imidazole rings is 1. The lowest BCUT2D eigenvalue weighted by molar-refractivity contribution is 0.0109. The number of ether oxygens (including phenoxy) is 1. The third-order valence-electron chi connectivity index (χ3n) is 4.37. The van der Waals surface area contributed by atoms with Gasteiger partial charge in [0.15, 0.2) is 4.77 Å². The average molecular weight is 299 g/mol. The summed E-state index contributed by atoms with van der Waals surface area (Å²) in [5.74, 6) is 0. The maximum absolute atomic E-state index is 5.73. The van der Waals surface area contributed by atoms with Gasteiger partial charge in [-0.2, -0.15) is 0 Å². The van der Waals surface area contributed by atoms with Crippen LogP contribution in [-0.2, 0) is 10.3 Å². The van der Waals surface area contributed by atoms with E-state index in [1.807, 2.05) is 24.4 Å². The molecule has 2 aromatic heterocycles. The van der Waals surface area contributed by atoms with Crippen LogP contribution < -0.4 is 0 Å². The second kappa shape index (κ2) is 4.64. The van der Waals surface area contributed by atoms with Gasteiger partial charge in [-0.1, -0.05) is 18.2 Å². The summed E-state index contributed by atoms with van der Waals surface area (Å²) in [5, 5.41) is 1.13. The lowest BCUT2D eigenvalue weighted by Crippen LogP contribution is -2.39. The smallest absolute Gasteiger partial charge is 0.178 e. The van der Waals surface area contributed by atoms with Crippen LogP contribution in [0.3, 0.4) is 0 Å². The molecular formula is C16H17N3OS. The van der Waals surface area contributed by atoms with Crippen LogP contribution in [-0.4, -0.2) is 27.7 Å². The van der Waals surface area contributed by atoms with Crippen LogP contribution in [0.1, 0.15) is 19.8 Å². The third-order valence-corrected chi connectivity index (χ3v) is 4.66. The molecule has 1 fully saturated rings. The van der Waals surface area contributed by atoms with Crippen molar-refractivity contribution in [2.45, 2.75) is 25.3 Å². The molecule has 0 radical (unpaired) electrons. The Bertz CT molecular complexity index is 874. The van der Waals surface area contributed by atoms with Crippen LogP contribution in [0.5, 0.6) is 0 Å². The molecule has 1 atom stereocenters. The van der Waals surface area contributed by atoms with E-state index in [0.717, 1.165) is 46.2 Å². The summed E-state index contributed by atoms with van der Waals surface area (Å²) < 4.78 is 8.71. The van der Waals surface area contributed by atoms with Crippen molar-refractivity contribution in [3.8, 4) is 0 Å². The van der Waals surface area contributed by atoms with Gasteiger partial charge in [0.05, 0.1) is 34.9 Å². The van der Waals surface area contributed by atoms with Crippen LogP contribution in [0.25, 0.3) is 21.9 Å². The van der Waals surface area contributed by atoms with Crippen molar-refractivity contribution in [2.24, 2.45) is 0 Å². The molecule has 1 aromatic carbocycles. The molecule has 4 nitrogen and oxygen atoms in total. The first-order chi connectivity index (χ1) is 10.2. The maximum Gasteiger partial charge on any atom is 0.178 e. The van der Waals surface area contributed by atoms with Crippen LogP contribution in [0.4, 0.5) is 0 Å². The summed E-state index contributed by atoms with van der Waals surface area (Å²) in [7, 11) is 0. The minimum atomic E-state index is -0.0995. The lowest BCUT2D eigenvalue weighted by Gasteiger charge is -2.35. The monoisotopic (exact) mass is 299 g/mol. The molecule has 0 aliphatic carbocycles. The Labute approximate surface area is 127 Å². The highest BCUT2D eigenvalue weighted by Crippen LogP contribution is 2.33. The van der Waals surface area contributed by atoms with E-state index in [4.69, 9.17) is 17.0 Å². The number of aromatic nitrogens is 3. The molecule has 21 heavy (non-hydrogen) atoms. The van der Waals surface area contributed by atoms with Crippen molar-refractivity contribution < 1.29 is 4.74 Å². The Morgan fingerprint density at radius 3 is 3.05 bits per heavy atom. The van der Waals surface area contributed by atoms with Crippen molar-refractivity contribution in [3.63, 3.8) is 0 Å². The third kappa shape index (κ3) is 1.92. The number of nitrogens with one attached hydrogen (secondary N) is 1. The van der Waals surface area contributed by atoms with Crippen molar-refractivity contribution in [1.29, 1.82) is 0 Å². The Kier molecular flexibility index (Phi) is 2.87. The first-order valence-corrected chi connectivity index (χ1v) is 7.67. The summed E-state index contributed by atoms with van der Waals surface area (Å²) in [4.78, 5) is 7.81.